The smallest absolute Gasteiger partial charge is 0.221 e. The van der Waals surface area contributed by atoms with Gasteiger partial charge < -0.3 is 11.1 Å². The second-order valence-electron chi connectivity index (χ2n) is 4.98. The lowest BCUT2D eigenvalue weighted by molar-refractivity contribution is -0.121. The predicted molar refractivity (Wildman–Crippen MR) is 57.8 cm³/mol. The van der Waals surface area contributed by atoms with Crippen molar-refractivity contribution in [2.45, 2.75) is 46.1 Å². The molecule has 1 atom stereocenters. The minimum absolute atomic E-state index is 0.0378. The molecule has 3 N–H and O–H groups in total. The first kappa shape index (κ1) is 11.5. The number of carbonyl (C=O) groups excluding carboxylic acids is 1. The van der Waals surface area contributed by atoms with Crippen molar-refractivity contribution in [2.24, 2.45) is 17.1 Å². The van der Waals surface area contributed by atoms with Crippen LogP contribution in [0.4, 0.5) is 0 Å². The van der Waals surface area contributed by atoms with E-state index in [0.717, 1.165) is 6.54 Å². The molecular formula is C11H22N2O. The van der Waals surface area contributed by atoms with Gasteiger partial charge in [0.25, 0.3) is 0 Å². The van der Waals surface area contributed by atoms with Crippen LogP contribution in [0.2, 0.25) is 0 Å². The molecule has 1 fully saturated rings. The summed E-state index contributed by atoms with van der Waals surface area (Å²) < 4.78 is 0. The molecule has 1 unspecified atom stereocenters. The van der Waals surface area contributed by atoms with Crippen molar-refractivity contribution in [3.05, 3.63) is 0 Å². The Kier molecular flexibility index (Phi) is 3.53. The average Bonchev–Trinajstić information content (AvgIpc) is 2.79. The fraction of sp³-hybridized carbons (Fsp3) is 0.909. The molecule has 0 spiro atoms. The molecule has 0 aromatic rings. The molecule has 1 saturated carbocycles. The first-order valence-corrected chi connectivity index (χ1v) is 5.48. The lowest BCUT2D eigenvalue weighted by Crippen LogP contribution is -2.35. The molecule has 1 rings (SSSR count). The first-order valence-electron chi connectivity index (χ1n) is 5.48. The number of carbonyl (C=O) groups is 1. The third-order valence-corrected chi connectivity index (χ3v) is 3.26. The molecule has 0 saturated heterocycles. The van der Waals surface area contributed by atoms with Crippen LogP contribution in [-0.2, 0) is 4.79 Å². The zero-order chi connectivity index (χ0) is 10.8. The highest BCUT2D eigenvalue weighted by molar-refractivity contribution is 5.76. The first-order chi connectivity index (χ1) is 6.46. The summed E-state index contributed by atoms with van der Waals surface area (Å²) in [6.45, 7) is 7.14. The number of nitrogens with two attached hydrogens (primary N) is 1. The van der Waals surface area contributed by atoms with Gasteiger partial charge in [0, 0.05) is 19.0 Å². The second-order valence-corrected chi connectivity index (χ2v) is 4.98. The van der Waals surface area contributed by atoms with Crippen LogP contribution in [0.15, 0.2) is 0 Å². The summed E-state index contributed by atoms with van der Waals surface area (Å²) in [7, 11) is 0. The quantitative estimate of drug-likeness (QED) is 0.699. The monoisotopic (exact) mass is 198 g/mol. The van der Waals surface area contributed by atoms with Gasteiger partial charge in [-0.25, -0.2) is 0 Å². The van der Waals surface area contributed by atoms with Gasteiger partial charge in [-0.3, -0.25) is 4.79 Å². The van der Waals surface area contributed by atoms with E-state index >= 15 is 0 Å². The van der Waals surface area contributed by atoms with E-state index in [2.05, 4.69) is 19.2 Å². The molecule has 0 heterocycles. The number of rotatable bonds is 5. The van der Waals surface area contributed by atoms with E-state index in [9.17, 15) is 4.79 Å². The Morgan fingerprint density at radius 3 is 2.36 bits per heavy atom. The Bertz CT molecular complexity index is 207. The fourth-order valence-corrected chi connectivity index (χ4v) is 1.76. The van der Waals surface area contributed by atoms with Gasteiger partial charge >= 0.3 is 0 Å². The summed E-state index contributed by atoms with van der Waals surface area (Å²) in [6, 6.07) is -0.0378. The molecule has 1 aliphatic carbocycles. The third-order valence-electron chi connectivity index (χ3n) is 3.26. The van der Waals surface area contributed by atoms with E-state index in [1.54, 1.807) is 0 Å². The van der Waals surface area contributed by atoms with E-state index in [1.165, 1.54) is 12.8 Å². The van der Waals surface area contributed by atoms with Crippen LogP contribution in [0, 0.1) is 11.3 Å². The lowest BCUT2D eigenvalue weighted by Gasteiger charge is -2.20. The molecule has 3 nitrogen and oxygen atoms in total. The van der Waals surface area contributed by atoms with Crippen molar-refractivity contribution in [1.82, 2.24) is 5.32 Å². The van der Waals surface area contributed by atoms with E-state index in [-0.39, 0.29) is 11.9 Å². The number of hydrogen-bond donors (Lipinski definition) is 2. The summed E-state index contributed by atoms with van der Waals surface area (Å²) in [4.78, 5) is 11.4. The molecule has 1 amide bonds. The Morgan fingerprint density at radius 2 is 2.00 bits per heavy atom. The number of hydrogen-bond acceptors (Lipinski definition) is 2. The number of nitrogens with one attached hydrogen (secondary N) is 1. The van der Waals surface area contributed by atoms with Gasteiger partial charge in [-0.15, -0.1) is 0 Å². The van der Waals surface area contributed by atoms with Gasteiger partial charge in [-0.1, -0.05) is 13.8 Å². The minimum Gasteiger partial charge on any atom is -0.355 e. The highest BCUT2D eigenvalue weighted by Gasteiger charge is 2.45. The van der Waals surface area contributed by atoms with Crippen LogP contribution in [-0.4, -0.2) is 18.5 Å². The van der Waals surface area contributed by atoms with E-state index in [1.807, 2.05) is 6.92 Å². The normalized spacial score (nSPS) is 20.6. The highest BCUT2D eigenvalue weighted by atomic mass is 16.1. The van der Waals surface area contributed by atoms with Gasteiger partial charge in [0.2, 0.25) is 5.91 Å². The second kappa shape index (κ2) is 4.30. The Balaban J connectivity index is 2.24. The molecule has 82 valence electrons. The van der Waals surface area contributed by atoms with Gasteiger partial charge in [-0.05, 0) is 31.1 Å². The maximum atomic E-state index is 11.4. The summed E-state index contributed by atoms with van der Waals surface area (Å²) in [5.74, 6) is 0.755. The molecule has 0 aromatic heterocycles. The van der Waals surface area contributed by atoms with E-state index < -0.39 is 0 Å². The standard InChI is InChI=1S/C11H22N2O/c1-8(2)11(4-5-11)7-13-10(14)6-9(3)12/h8-9H,4-7,12H2,1-3H3,(H,13,14). The van der Waals surface area contributed by atoms with Crippen molar-refractivity contribution in [3.63, 3.8) is 0 Å². The lowest BCUT2D eigenvalue weighted by atomic mass is 9.92. The van der Waals surface area contributed by atoms with Crippen molar-refractivity contribution in [3.8, 4) is 0 Å². The summed E-state index contributed by atoms with van der Waals surface area (Å²) >= 11 is 0. The molecule has 0 aliphatic heterocycles. The van der Waals surface area contributed by atoms with Gasteiger partial charge in [0.1, 0.15) is 0 Å². The average molecular weight is 198 g/mol. The summed E-state index contributed by atoms with van der Waals surface area (Å²) in [6.07, 6.45) is 2.94. The van der Waals surface area contributed by atoms with Crippen molar-refractivity contribution >= 4 is 5.91 Å². The van der Waals surface area contributed by atoms with Crippen molar-refractivity contribution in [2.75, 3.05) is 6.54 Å². The Morgan fingerprint density at radius 1 is 1.43 bits per heavy atom. The van der Waals surface area contributed by atoms with Gasteiger partial charge in [0.15, 0.2) is 0 Å². The van der Waals surface area contributed by atoms with Crippen molar-refractivity contribution < 1.29 is 4.79 Å². The van der Waals surface area contributed by atoms with Gasteiger partial charge in [0.05, 0.1) is 0 Å². The van der Waals surface area contributed by atoms with Crippen LogP contribution in [0.5, 0.6) is 0 Å². The SMILES string of the molecule is CC(N)CC(=O)NCC1(C(C)C)CC1. The van der Waals surface area contributed by atoms with Crippen LogP contribution in [0.3, 0.4) is 0 Å². The summed E-state index contributed by atoms with van der Waals surface area (Å²) in [5, 5.41) is 2.98. The van der Waals surface area contributed by atoms with Gasteiger partial charge in [-0.2, -0.15) is 0 Å². The molecule has 1 aliphatic rings. The molecular weight excluding hydrogens is 176 g/mol. The van der Waals surface area contributed by atoms with Crippen LogP contribution < -0.4 is 11.1 Å². The third kappa shape index (κ3) is 2.98. The fourth-order valence-electron chi connectivity index (χ4n) is 1.76. The molecule has 0 bridgehead atoms. The van der Waals surface area contributed by atoms with Crippen LogP contribution in [0.25, 0.3) is 0 Å². The Labute approximate surface area is 86.4 Å². The molecule has 0 radical (unpaired) electrons. The maximum Gasteiger partial charge on any atom is 0.221 e. The number of amides is 1. The molecule has 0 aromatic carbocycles. The zero-order valence-electron chi connectivity index (χ0n) is 9.47. The largest absolute Gasteiger partial charge is 0.355 e. The van der Waals surface area contributed by atoms with E-state index in [0.29, 0.717) is 17.8 Å². The maximum absolute atomic E-state index is 11.4. The highest BCUT2D eigenvalue weighted by Crippen LogP contribution is 2.51. The predicted octanol–water partition coefficient (Wildman–Crippen LogP) is 1.28. The van der Waals surface area contributed by atoms with Crippen LogP contribution in [0.1, 0.15) is 40.0 Å². The van der Waals surface area contributed by atoms with Crippen LogP contribution >= 0.6 is 0 Å². The Hall–Kier alpha value is -0.570. The molecule has 3 heteroatoms. The van der Waals surface area contributed by atoms with Crippen molar-refractivity contribution in [1.29, 1.82) is 0 Å². The minimum atomic E-state index is -0.0378. The van der Waals surface area contributed by atoms with E-state index in [4.69, 9.17) is 5.73 Å². The topological polar surface area (TPSA) is 55.1 Å². The summed E-state index contributed by atoms with van der Waals surface area (Å²) in [5.41, 5.74) is 5.94. The zero-order valence-corrected chi connectivity index (χ0v) is 9.47. The molecule has 14 heavy (non-hydrogen) atoms.